The zero-order valence-electron chi connectivity index (χ0n) is 11.1. The van der Waals surface area contributed by atoms with E-state index >= 15 is 0 Å². The number of thiophene rings is 1. The molecule has 0 saturated carbocycles. The topological polar surface area (TPSA) is 38.0 Å². The van der Waals surface area contributed by atoms with Gasteiger partial charge in [-0.15, -0.1) is 11.8 Å². The van der Waals surface area contributed by atoms with Crippen molar-refractivity contribution in [3.8, 4) is 0 Å². The molecule has 1 heterocycles. The number of hydrogen-bond donors (Lipinski definition) is 2. The van der Waals surface area contributed by atoms with Crippen LogP contribution in [0, 0.1) is 6.92 Å². The zero-order chi connectivity index (χ0) is 13.5. The molecule has 102 valence electrons. The minimum atomic E-state index is 0.352. The van der Waals surface area contributed by atoms with Crippen LogP contribution in [0.2, 0.25) is 0 Å². The molecule has 1 aromatic heterocycles. The van der Waals surface area contributed by atoms with Crippen LogP contribution in [0.15, 0.2) is 46.0 Å². The molecule has 1 unspecified atom stereocenters. The normalized spacial score (nSPS) is 12.5. The lowest BCUT2D eigenvalue weighted by molar-refractivity contribution is 0.539. The quantitative estimate of drug-likeness (QED) is 0.465. The van der Waals surface area contributed by atoms with Crippen molar-refractivity contribution in [3.05, 3.63) is 52.2 Å². The lowest BCUT2D eigenvalue weighted by Gasteiger charge is -2.15. The number of rotatable bonds is 7. The SMILES string of the molecule is Cc1cccc(SCC(CCc2ccsc2)NN)c1. The van der Waals surface area contributed by atoms with Crippen molar-refractivity contribution in [2.75, 3.05) is 5.75 Å². The van der Waals surface area contributed by atoms with Crippen molar-refractivity contribution in [1.82, 2.24) is 5.43 Å². The third kappa shape index (κ3) is 4.99. The van der Waals surface area contributed by atoms with Crippen LogP contribution < -0.4 is 11.3 Å². The van der Waals surface area contributed by atoms with E-state index in [0.29, 0.717) is 6.04 Å². The second-order valence-corrected chi connectivity index (χ2v) is 6.53. The van der Waals surface area contributed by atoms with Gasteiger partial charge < -0.3 is 0 Å². The number of hydrogen-bond acceptors (Lipinski definition) is 4. The van der Waals surface area contributed by atoms with Crippen LogP contribution in [0.1, 0.15) is 17.5 Å². The maximum Gasteiger partial charge on any atom is 0.0307 e. The molecule has 2 rings (SSSR count). The van der Waals surface area contributed by atoms with E-state index < -0.39 is 0 Å². The summed E-state index contributed by atoms with van der Waals surface area (Å²) in [5, 5.41) is 4.34. The summed E-state index contributed by atoms with van der Waals surface area (Å²) < 4.78 is 0. The molecule has 0 saturated heterocycles. The second-order valence-electron chi connectivity index (χ2n) is 4.66. The van der Waals surface area contributed by atoms with Crippen molar-refractivity contribution in [3.63, 3.8) is 0 Å². The average molecular weight is 292 g/mol. The summed E-state index contributed by atoms with van der Waals surface area (Å²) in [6, 6.07) is 11.1. The third-order valence-corrected chi connectivity index (χ3v) is 4.93. The van der Waals surface area contributed by atoms with Crippen LogP contribution in [0.5, 0.6) is 0 Å². The Labute approximate surface area is 123 Å². The molecular formula is C15H20N2S2. The first-order valence-electron chi connectivity index (χ1n) is 6.44. The van der Waals surface area contributed by atoms with Crippen LogP contribution in [0.4, 0.5) is 0 Å². The van der Waals surface area contributed by atoms with E-state index in [1.165, 1.54) is 16.0 Å². The lowest BCUT2D eigenvalue weighted by Crippen LogP contribution is -2.37. The molecule has 0 aliphatic heterocycles. The van der Waals surface area contributed by atoms with E-state index in [1.807, 2.05) is 11.8 Å². The first-order valence-corrected chi connectivity index (χ1v) is 8.37. The van der Waals surface area contributed by atoms with Gasteiger partial charge in [0.1, 0.15) is 0 Å². The standard InChI is InChI=1S/C15H20N2S2/c1-12-3-2-4-15(9-12)19-11-14(17-16)6-5-13-7-8-18-10-13/h2-4,7-10,14,17H,5-6,11,16H2,1H3. The summed E-state index contributed by atoms with van der Waals surface area (Å²) in [5.74, 6) is 6.65. The lowest BCUT2D eigenvalue weighted by atomic mass is 10.1. The smallest absolute Gasteiger partial charge is 0.0307 e. The van der Waals surface area contributed by atoms with Crippen LogP contribution in [-0.2, 0) is 6.42 Å². The predicted octanol–water partition coefficient (Wildman–Crippen LogP) is 3.61. The minimum Gasteiger partial charge on any atom is -0.271 e. The van der Waals surface area contributed by atoms with E-state index in [0.717, 1.165) is 18.6 Å². The molecule has 0 aliphatic rings. The van der Waals surface area contributed by atoms with Crippen molar-refractivity contribution in [1.29, 1.82) is 0 Å². The van der Waals surface area contributed by atoms with Gasteiger partial charge in [0.15, 0.2) is 0 Å². The molecule has 0 fully saturated rings. The fourth-order valence-electron chi connectivity index (χ4n) is 1.89. The van der Waals surface area contributed by atoms with E-state index in [9.17, 15) is 0 Å². The Morgan fingerprint density at radius 1 is 1.37 bits per heavy atom. The maximum absolute atomic E-state index is 5.65. The number of nitrogens with one attached hydrogen (secondary N) is 1. The second kappa shape index (κ2) is 7.70. The van der Waals surface area contributed by atoms with Gasteiger partial charge in [0, 0.05) is 16.7 Å². The highest BCUT2D eigenvalue weighted by molar-refractivity contribution is 7.99. The summed E-state index contributed by atoms with van der Waals surface area (Å²) in [5.41, 5.74) is 5.65. The molecule has 3 N–H and O–H groups in total. The molecule has 4 heteroatoms. The van der Waals surface area contributed by atoms with Gasteiger partial charge in [-0.25, -0.2) is 0 Å². The molecule has 2 aromatic rings. The van der Waals surface area contributed by atoms with Gasteiger partial charge in [0.2, 0.25) is 0 Å². The Hall–Kier alpha value is -0.810. The molecule has 0 spiro atoms. The van der Waals surface area contributed by atoms with Crippen molar-refractivity contribution >= 4 is 23.1 Å². The highest BCUT2D eigenvalue weighted by Crippen LogP contribution is 2.21. The number of thioether (sulfide) groups is 1. The fourth-order valence-corrected chi connectivity index (χ4v) is 3.70. The highest BCUT2D eigenvalue weighted by atomic mass is 32.2. The summed E-state index contributed by atoms with van der Waals surface area (Å²) in [6.07, 6.45) is 2.17. The molecule has 19 heavy (non-hydrogen) atoms. The van der Waals surface area contributed by atoms with Crippen molar-refractivity contribution < 1.29 is 0 Å². The van der Waals surface area contributed by atoms with E-state index in [1.54, 1.807) is 11.3 Å². The van der Waals surface area contributed by atoms with E-state index in [2.05, 4.69) is 53.4 Å². The first-order chi connectivity index (χ1) is 9.28. The number of hydrazine groups is 1. The molecular weight excluding hydrogens is 272 g/mol. The predicted molar refractivity (Wildman–Crippen MR) is 85.7 cm³/mol. The summed E-state index contributed by atoms with van der Waals surface area (Å²) in [4.78, 5) is 1.32. The summed E-state index contributed by atoms with van der Waals surface area (Å²) in [7, 11) is 0. The monoisotopic (exact) mass is 292 g/mol. The van der Waals surface area contributed by atoms with Crippen LogP contribution >= 0.6 is 23.1 Å². The average Bonchev–Trinajstić information content (AvgIpc) is 2.92. The number of aryl methyl sites for hydroxylation is 2. The minimum absolute atomic E-state index is 0.352. The molecule has 0 bridgehead atoms. The van der Waals surface area contributed by atoms with Gasteiger partial charge >= 0.3 is 0 Å². The molecule has 2 nitrogen and oxygen atoms in total. The third-order valence-electron chi connectivity index (χ3n) is 3.04. The Morgan fingerprint density at radius 2 is 2.26 bits per heavy atom. The van der Waals surface area contributed by atoms with Gasteiger partial charge in [-0.2, -0.15) is 11.3 Å². The number of nitrogens with two attached hydrogens (primary N) is 1. The molecule has 1 aromatic carbocycles. The van der Waals surface area contributed by atoms with Crippen molar-refractivity contribution in [2.24, 2.45) is 5.84 Å². The molecule has 0 amide bonds. The largest absolute Gasteiger partial charge is 0.271 e. The molecule has 1 atom stereocenters. The van der Waals surface area contributed by atoms with Gasteiger partial charge in [0.25, 0.3) is 0 Å². The van der Waals surface area contributed by atoms with Gasteiger partial charge in [-0.3, -0.25) is 11.3 Å². The summed E-state index contributed by atoms with van der Waals surface area (Å²) in [6.45, 7) is 2.12. The fraction of sp³-hybridized carbons (Fsp3) is 0.333. The Bertz CT molecular complexity index is 483. The Kier molecular flexibility index (Phi) is 5.92. The van der Waals surface area contributed by atoms with Crippen LogP contribution in [-0.4, -0.2) is 11.8 Å². The van der Waals surface area contributed by atoms with E-state index in [4.69, 9.17) is 5.84 Å². The van der Waals surface area contributed by atoms with E-state index in [-0.39, 0.29) is 0 Å². The van der Waals surface area contributed by atoms with Gasteiger partial charge in [0.05, 0.1) is 0 Å². The Morgan fingerprint density at radius 3 is 2.95 bits per heavy atom. The summed E-state index contributed by atoms with van der Waals surface area (Å²) >= 11 is 3.62. The first kappa shape index (κ1) is 14.6. The van der Waals surface area contributed by atoms with Crippen LogP contribution in [0.25, 0.3) is 0 Å². The Balaban J connectivity index is 1.79. The molecule has 0 aliphatic carbocycles. The highest BCUT2D eigenvalue weighted by Gasteiger charge is 2.08. The van der Waals surface area contributed by atoms with Crippen LogP contribution in [0.3, 0.4) is 0 Å². The van der Waals surface area contributed by atoms with Gasteiger partial charge in [-0.1, -0.05) is 17.7 Å². The maximum atomic E-state index is 5.65. The zero-order valence-corrected chi connectivity index (χ0v) is 12.8. The van der Waals surface area contributed by atoms with Crippen molar-refractivity contribution in [2.45, 2.75) is 30.7 Å². The van der Waals surface area contributed by atoms with Gasteiger partial charge in [-0.05, 0) is 54.3 Å². The number of benzene rings is 1. The molecule has 0 radical (unpaired) electrons.